The van der Waals surface area contributed by atoms with E-state index in [2.05, 4.69) is 33.3 Å². The average Bonchev–Trinajstić information content (AvgIpc) is 3.21. The Morgan fingerprint density at radius 2 is 1.91 bits per heavy atom. The normalized spacial score (nSPS) is 17.6. The fourth-order valence-electron chi connectivity index (χ4n) is 4.83. The Morgan fingerprint density at radius 1 is 1.09 bits per heavy atom. The van der Waals surface area contributed by atoms with Gasteiger partial charge in [-0.2, -0.15) is 0 Å². The highest BCUT2D eigenvalue weighted by Gasteiger charge is 2.32. The average molecular weight is 446 g/mol. The molecule has 5 nitrogen and oxygen atoms in total. The number of nitrogens with one attached hydrogen (secondary N) is 1. The lowest BCUT2D eigenvalue weighted by molar-refractivity contribution is -0.114. The summed E-state index contributed by atoms with van der Waals surface area (Å²) in [5, 5.41) is 2.81. The van der Waals surface area contributed by atoms with Gasteiger partial charge in [-0.25, -0.2) is 4.39 Å². The van der Waals surface area contributed by atoms with E-state index in [1.165, 1.54) is 18.6 Å². The zero-order valence-corrected chi connectivity index (χ0v) is 18.8. The van der Waals surface area contributed by atoms with E-state index in [1.54, 1.807) is 6.07 Å². The number of rotatable bonds is 5. The number of halogens is 1. The van der Waals surface area contributed by atoms with E-state index in [1.807, 2.05) is 36.4 Å². The van der Waals surface area contributed by atoms with Gasteiger partial charge in [0, 0.05) is 49.5 Å². The van der Waals surface area contributed by atoms with Crippen molar-refractivity contribution in [3.05, 3.63) is 83.7 Å². The quantitative estimate of drug-likeness (QED) is 0.591. The van der Waals surface area contributed by atoms with Crippen molar-refractivity contribution in [2.24, 2.45) is 0 Å². The molecule has 0 spiro atoms. The summed E-state index contributed by atoms with van der Waals surface area (Å²) < 4.78 is 20.0. The van der Waals surface area contributed by atoms with Crippen molar-refractivity contribution >= 4 is 23.0 Å². The standard InChI is InChI=1S/C27H28FN3O2/c1-19(32)29-23-9-6-20(7-10-23)12-14-30-15-13-24(17-30)31-25-11-8-22(28)16-21(25)18-33-27-5-3-2-4-26(27)31/h2-11,16,24H,12-15,17-18H2,1H3,(H,29,32). The number of fused-ring (bicyclic) bond motifs is 2. The molecule has 0 radical (unpaired) electrons. The van der Waals surface area contributed by atoms with Crippen LogP contribution in [0.2, 0.25) is 0 Å². The highest BCUT2D eigenvalue weighted by molar-refractivity contribution is 5.88. The molecule has 0 aliphatic carbocycles. The minimum atomic E-state index is -0.235. The number of anilines is 3. The predicted octanol–water partition coefficient (Wildman–Crippen LogP) is 5.13. The van der Waals surface area contributed by atoms with Crippen LogP contribution in [-0.2, 0) is 17.8 Å². The van der Waals surface area contributed by atoms with Gasteiger partial charge in [0.05, 0.1) is 5.69 Å². The van der Waals surface area contributed by atoms with Crippen molar-refractivity contribution in [2.45, 2.75) is 32.4 Å². The highest BCUT2D eigenvalue weighted by Crippen LogP contribution is 2.42. The first-order valence-electron chi connectivity index (χ1n) is 11.5. The molecular formula is C27H28FN3O2. The summed E-state index contributed by atoms with van der Waals surface area (Å²) in [5.74, 6) is 0.545. The van der Waals surface area contributed by atoms with Crippen LogP contribution in [0.3, 0.4) is 0 Å². The fourth-order valence-corrected chi connectivity index (χ4v) is 4.83. The van der Waals surface area contributed by atoms with Crippen LogP contribution in [0.1, 0.15) is 24.5 Å². The number of hydrogen-bond acceptors (Lipinski definition) is 4. The van der Waals surface area contributed by atoms with Crippen molar-refractivity contribution in [3.8, 4) is 5.75 Å². The summed E-state index contributed by atoms with van der Waals surface area (Å²) in [5.41, 5.74) is 5.03. The molecule has 6 heteroatoms. The van der Waals surface area contributed by atoms with Crippen LogP contribution in [-0.4, -0.2) is 36.5 Å². The Kier molecular flexibility index (Phi) is 6.01. The molecule has 170 valence electrons. The van der Waals surface area contributed by atoms with E-state index in [4.69, 9.17) is 4.74 Å². The molecule has 2 aliphatic rings. The number of para-hydroxylation sites is 2. The number of carbonyl (C=O) groups is 1. The topological polar surface area (TPSA) is 44.8 Å². The van der Waals surface area contributed by atoms with E-state index in [0.29, 0.717) is 12.6 Å². The second-order valence-electron chi connectivity index (χ2n) is 8.77. The molecule has 2 aliphatic heterocycles. The van der Waals surface area contributed by atoms with Gasteiger partial charge in [0.1, 0.15) is 18.2 Å². The summed E-state index contributed by atoms with van der Waals surface area (Å²) >= 11 is 0. The van der Waals surface area contributed by atoms with E-state index in [-0.39, 0.29) is 11.7 Å². The Labute approximate surface area is 193 Å². The predicted molar refractivity (Wildman–Crippen MR) is 129 cm³/mol. The Hall–Kier alpha value is -3.38. The molecule has 33 heavy (non-hydrogen) atoms. The summed E-state index contributed by atoms with van der Waals surface area (Å²) in [7, 11) is 0. The molecule has 1 atom stereocenters. The minimum absolute atomic E-state index is 0.0596. The molecule has 2 heterocycles. The molecule has 1 unspecified atom stereocenters. The molecular weight excluding hydrogens is 417 g/mol. The maximum Gasteiger partial charge on any atom is 0.221 e. The van der Waals surface area contributed by atoms with Gasteiger partial charge in [-0.1, -0.05) is 24.3 Å². The monoisotopic (exact) mass is 445 g/mol. The first-order valence-corrected chi connectivity index (χ1v) is 11.5. The molecule has 5 rings (SSSR count). The van der Waals surface area contributed by atoms with Crippen LogP contribution in [0.4, 0.5) is 21.5 Å². The molecule has 1 amide bonds. The number of nitrogens with zero attached hydrogens (tertiary/aromatic N) is 2. The third-order valence-electron chi connectivity index (χ3n) is 6.41. The highest BCUT2D eigenvalue weighted by atomic mass is 19.1. The van der Waals surface area contributed by atoms with Crippen LogP contribution in [0.15, 0.2) is 66.7 Å². The van der Waals surface area contributed by atoms with Crippen molar-refractivity contribution in [3.63, 3.8) is 0 Å². The van der Waals surface area contributed by atoms with E-state index < -0.39 is 0 Å². The van der Waals surface area contributed by atoms with Crippen molar-refractivity contribution in [1.82, 2.24) is 4.90 Å². The second kappa shape index (κ2) is 9.24. The number of likely N-dealkylation sites (tertiary alicyclic amines) is 1. The van der Waals surface area contributed by atoms with Gasteiger partial charge in [0.2, 0.25) is 5.91 Å². The lowest BCUT2D eigenvalue weighted by Gasteiger charge is -2.32. The van der Waals surface area contributed by atoms with Crippen LogP contribution in [0.25, 0.3) is 0 Å². The zero-order chi connectivity index (χ0) is 22.8. The molecule has 1 fully saturated rings. The number of carbonyl (C=O) groups excluding carboxylic acids is 1. The molecule has 1 saturated heterocycles. The Balaban J connectivity index is 1.30. The number of benzene rings is 3. The van der Waals surface area contributed by atoms with Gasteiger partial charge in [-0.05, 0) is 60.9 Å². The SMILES string of the molecule is CC(=O)Nc1ccc(CCN2CCC(N3c4ccc(F)cc4COc4ccccc43)C2)cc1. The van der Waals surface area contributed by atoms with Gasteiger partial charge in [-0.15, -0.1) is 0 Å². The molecule has 1 N–H and O–H groups in total. The molecule has 0 bridgehead atoms. The first-order chi connectivity index (χ1) is 16.1. The van der Waals surface area contributed by atoms with Crippen LogP contribution < -0.4 is 15.0 Å². The van der Waals surface area contributed by atoms with E-state index in [9.17, 15) is 9.18 Å². The molecule has 0 aromatic heterocycles. The van der Waals surface area contributed by atoms with Crippen LogP contribution >= 0.6 is 0 Å². The van der Waals surface area contributed by atoms with E-state index >= 15 is 0 Å². The summed E-state index contributed by atoms with van der Waals surface area (Å²) in [6.45, 7) is 4.81. The van der Waals surface area contributed by atoms with Crippen molar-refractivity contribution < 1.29 is 13.9 Å². The van der Waals surface area contributed by atoms with Crippen LogP contribution in [0, 0.1) is 5.82 Å². The number of amides is 1. The second-order valence-corrected chi connectivity index (χ2v) is 8.77. The third kappa shape index (κ3) is 4.71. The lowest BCUT2D eigenvalue weighted by atomic mass is 10.1. The van der Waals surface area contributed by atoms with Crippen molar-refractivity contribution in [2.75, 3.05) is 29.9 Å². The smallest absolute Gasteiger partial charge is 0.221 e. The zero-order valence-electron chi connectivity index (χ0n) is 18.8. The van der Waals surface area contributed by atoms with Crippen molar-refractivity contribution in [1.29, 1.82) is 0 Å². The molecule has 3 aromatic rings. The minimum Gasteiger partial charge on any atom is -0.487 e. The van der Waals surface area contributed by atoms with Gasteiger partial charge in [0.25, 0.3) is 0 Å². The fraction of sp³-hybridized carbons (Fsp3) is 0.296. The van der Waals surface area contributed by atoms with Gasteiger partial charge in [-0.3, -0.25) is 4.79 Å². The lowest BCUT2D eigenvalue weighted by Crippen LogP contribution is -2.35. The van der Waals surface area contributed by atoms with Gasteiger partial charge >= 0.3 is 0 Å². The summed E-state index contributed by atoms with van der Waals surface area (Å²) in [4.78, 5) is 16.0. The molecule has 3 aromatic carbocycles. The number of ether oxygens (including phenoxy) is 1. The maximum atomic E-state index is 14.0. The largest absolute Gasteiger partial charge is 0.487 e. The summed E-state index contributed by atoms with van der Waals surface area (Å²) in [6, 6.07) is 21.4. The van der Waals surface area contributed by atoms with Gasteiger partial charge in [0.15, 0.2) is 0 Å². The Bertz CT molecular complexity index is 1150. The summed E-state index contributed by atoms with van der Waals surface area (Å²) in [6.07, 6.45) is 1.99. The number of hydrogen-bond donors (Lipinski definition) is 1. The molecule has 0 saturated carbocycles. The first kappa shape index (κ1) is 21.5. The van der Waals surface area contributed by atoms with Gasteiger partial charge < -0.3 is 19.9 Å². The maximum absolute atomic E-state index is 14.0. The Morgan fingerprint density at radius 3 is 2.73 bits per heavy atom. The third-order valence-corrected chi connectivity index (χ3v) is 6.41. The van der Waals surface area contributed by atoms with Crippen LogP contribution in [0.5, 0.6) is 5.75 Å². The van der Waals surface area contributed by atoms with E-state index in [0.717, 1.165) is 60.9 Å².